The number of carbonyl (C=O) groups is 3. The van der Waals surface area contributed by atoms with E-state index < -0.39 is 17.2 Å². The summed E-state index contributed by atoms with van der Waals surface area (Å²) in [5.74, 6) is -1.41. The van der Waals surface area contributed by atoms with E-state index in [2.05, 4.69) is 25.5 Å². The lowest BCUT2D eigenvalue weighted by atomic mass is 10.1. The van der Waals surface area contributed by atoms with E-state index in [0.717, 1.165) is 24.2 Å². The van der Waals surface area contributed by atoms with Gasteiger partial charge in [-0.2, -0.15) is 0 Å². The number of carbonyl (C=O) groups excluding carboxylic acids is 3. The molecule has 0 amide bonds. The Bertz CT molecular complexity index is 2460. The third-order valence-corrected chi connectivity index (χ3v) is 9.87. The Balaban J connectivity index is 0.939. The molecular formula is C39H36FN9O5. The van der Waals surface area contributed by atoms with Gasteiger partial charge in [0.15, 0.2) is 11.6 Å². The third kappa shape index (κ3) is 7.05. The number of halogens is 1. The normalized spacial score (nSPS) is 14.8. The molecule has 3 aromatic heterocycles. The topological polar surface area (TPSA) is 150 Å². The van der Waals surface area contributed by atoms with Gasteiger partial charge in [0.05, 0.1) is 40.7 Å². The highest BCUT2D eigenvalue weighted by Gasteiger charge is 2.29. The van der Waals surface area contributed by atoms with Gasteiger partial charge < -0.3 is 14.2 Å². The van der Waals surface area contributed by atoms with Crippen molar-refractivity contribution in [3.8, 4) is 11.4 Å². The van der Waals surface area contributed by atoms with Gasteiger partial charge in [-0.25, -0.2) is 18.5 Å². The van der Waals surface area contributed by atoms with Crippen LogP contribution >= 0.6 is 0 Å². The minimum Gasteiger partial charge on any atom is -0.455 e. The van der Waals surface area contributed by atoms with Crippen LogP contribution in [0.2, 0.25) is 0 Å². The second-order valence-electron chi connectivity index (χ2n) is 13.7. The number of benzene rings is 3. The smallest absolute Gasteiger partial charge is 0.344 e. The number of pyridine rings is 1. The van der Waals surface area contributed by atoms with Gasteiger partial charge in [0.1, 0.15) is 23.7 Å². The van der Waals surface area contributed by atoms with E-state index in [4.69, 9.17) is 4.74 Å². The molecule has 0 bridgehead atoms. The first kappa shape index (κ1) is 34.7. The van der Waals surface area contributed by atoms with Crippen LogP contribution in [0.25, 0.3) is 22.3 Å². The van der Waals surface area contributed by atoms with Gasteiger partial charge in [-0.15, -0.1) is 10.2 Å². The van der Waals surface area contributed by atoms with Crippen molar-refractivity contribution in [1.82, 2.24) is 39.5 Å². The van der Waals surface area contributed by atoms with Crippen LogP contribution in [0.15, 0.2) is 84.0 Å². The molecule has 0 N–H and O–H groups in total. The molecule has 0 unspecified atom stereocenters. The lowest BCUT2D eigenvalue weighted by molar-refractivity contribution is 0.0465. The van der Waals surface area contributed by atoms with E-state index in [1.807, 2.05) is 27.8 Å². The van der Waals surface area contributed by atoms with Crippen molar-refractivity contribution in [2.75, 3.05) is 31.1 Å². The monoisotopic (exact) mass is 729 g/mol. The van der Waals surface area contributed by atoms with Crippen molar-refractivity contribution in [2.45, 2.75) is 45.9 Å². The molecule has 1 aliphatic heterocycles. The van der Waals surface area contributed by atoms with Crippen molar-refractivity contribution >= 4 is 34.1 Å². The lowest BCUT2D eigenvalue weighted by Gasteiger charge is -2.36. The summed E-state index contributed by atoms with van der Waals surface area (Å²) < 4.78 is 26.4. The zero-order valence-electron chi connectivity index (χ0n) is 29.7. The van der Waals surface area contributed by atoms with Crippen LogP contribution in [0.4, 0.5) is 10.1 Å². The summed E-state index contributed by atoms with van der Waals surface area (Å²) in [4.78, 5) is 54.3. The van der Waals surface area contributed by atoms with Crippen molar-refractivity contribution in [3.63, 3.8) is 0 Å². The first-order chi connectivity index (χ1) is 26.1. The summed E-state index contributed by atoms with van der Waals surface area (Å²) in [6.07, 6.45) is 6.75. The Morgan fingerprint density at radius 1 is 0.778 bits per heavy atom. The predicted octanol–water partition coefficient (Wildman–Crippen LogP) is 4.72. The largest absolute Gasteiger partial charge is 0.455 e. The van der Waals surface area contributed by atoms with Crippen LogP contribution in [-0.4, -0.2) is 83.2 Å². The zero-order chi connectivity index (χ0) is 37.5. The van der Waals surface area contributed by atoms with Gasteiger partial charge in [-0.05, 0) is 87.4 Å². The summed E-state index contributed by atoms with van der Waals surface area (Å²) in [5.41, 5.74) is 4.05. The summed E-state index contributed by atoms with van der Waals surface area (Å²) >= 11 is 0. The molecular weight excluding hydrogens is 693 g/mol. The standard InChI is InChI=1S/C39H36FN9O5/c1-24(50)26-3-7-31(8-4-26)48-20-28(41-43-48)19-45-13-15-46(16-14-45)37-18-36-33(17-35(37)40)38(52)34(22-47(36)30-11-12-30)39(53)54-23-29-21-49(44-42-29)32-9-5-27(6-10-32)25(2)51/h3-10,17-18,20-22,30H,11-16,19,23H2,1-2H3. The molecule has 2 fully saturated rings. The Kier molecular flexibility index (Phi) is 9.15. The minimum atomic E-state index is -0.830. The van der Waals surface area contributed by atoms with Gasteiger partial charge in [0, 0.05) is 61.5 Å². The van der Waals surface area contributed by atoms with E-state index in [1.165, 1.54) is 30.8 Å². The van der Waals surface area contributed by atoms with E-state index in [-0.39, 0.29) is 35.2 Å². The number of aromatic nitrogens is 7. The lowest BCUT2D eigenvalue weighted by Crippen LogP contribution is -2.46. The fraction of sp³-hybridized carbons (Fsp3) is 0.282. The molecule has 6 aromatic rings. The molecule has 15 heteroatoms. The summed E-state index contributed by atoms with van der Waals surface area (Å²) in [7, 11) is 0. The van der Waals surface area contributed by atoms with Gasteiger partial charge in [0.2, 0.25) is 5.43 Å². The maximum atomic E-state index is 15.8. The van der Waals surface area contributed by atoms with Crippen LogP contribution in [0, 0.1) is 5.82 Å². The molecule has 3 aromatic carbocycles. The first-order valence-corrected chi connectivity index (χ1v) is 17.7. The number of Topliss-reactive ketones (excluding diaryl/α,β-unsaturated/α-hetero) is 2. The van der Waals surface area contributed by atoms with Crippen LogP contribution in [-0.2, 0) is 17.9 Å². The molecule has 54 heavy (non-hydrogen) atoms. The number of anilines is 1. The first-order valence-electron chi connectivity index (χ1n) is 17.7. The molecule has 2 aliphatic rings. The van der Waals surface area contributed by atoms with Crippen molar-refractivity contribution < 1.29 is 23.5 Å². The molecule has 0 atom stereocenters. The fourth-order valence-electron chi connectivity index (χ4n) is 6.68. The average molecular weight is 730 g/mol. The number of esters is 1. The highest BCUT2D eigenvalue weighted by atomic mass is 19.1. The second kappa shape index (κ2) is 14.2. The SMILES string of the molecule is CC(=O)c1ccc(-n2cc(COC(=O)c3cn(C4CC4)c4cc(N5CCN(Cc6cn(-c7ccc(C(C)=O)cc7)nn6)CC5)c(F)cc4c3=O)nn2)cc1. The van der Waals surface area contributed by atoms with E-state index in [1.54, 1.807) is 53.3 Å². The quantitative estimate of drug-likeness (QED) is 0.135. The highest BCUT2D eigenvalue weighted by Crippen LogP contribution is 2.38. The Labute approximate surface area is 308 Å². The second-order valence-corrected chi connectivity index (χ2v) is 13.7. The van der Waals surface area contributed by atoms with Crippen molar-refractivity contribution in [3.05, 3.63) is 123 Å². The molecule has 1 saturated heterocycles. The zero-order valence-corrected chi connectivity index (χ0v) is 29.7. The van der Waals surface area contributed by atoms with Crippen LogP contribution in [0.3, 0.4) is 0 Å². The number of hydrogen-bond donors (Lipinski definition) is 0. The Morgan fingerprint density at radius 3 is 1.93 bits per heavy atom. The number of ketones is 2. The van der Waals surface area contributed by atoms with Crippen LogP contribution < -0.4 is 10.3 Å². The molecule has 14 nitrogen and oxygen atoms in total. The molecule has 1 aliphatic carbocycles. The van der Waals surface area contributed by atoms with Crippen molar-refractivity contribution in [2.24, 2.45) is 0 Å². The van der Waals surface area contributed by atoms with Gasteiger partial charge in [0.25, 0.3) is 0 Å². The van der Waals surface area contributed by atoms with E-state index in [9.17, 15) is 19.2 Å². The third-order valence-electron chi connectivity index (χ3n) is 9.87. The Morgan fingerprint density at radius 2 is 1.35 bits per heavy atom. The van der Waals surface area contributed by atoms with Gasteiger partial charge in [-0.3, -0.25) is 19.3 Å². The molecule has 274 valence electrons. The maximum Gasteiger partial charge on any atom is 0.344 e. The molecule has 4 heterocycles. The number of ether oxygens (including phenoxy) is 1. The maximum absolute atomic E-state index is 15.8. The van der Waals surface area contributed by atoms with E-state index in [0.29, 0.717) is 66.4 Å². The fourth-order valence-corrected chi connectivity index (χ4v) is 6.68. The van der Waals surface area contributed by atoms with Gasteiger partial charge in [-0.1, -0.05) is 10.4 Å². The Hall–Kier alpha value is -6.35. The van der Waals surface area contributed by atoms with Crippen LogP contribution in [0.1, 0.15) is 75.2 Å². The summed E-state index contributed by atoms with van der Waals surface area (Å²) in [6, 6.07) is 17.1. The number of fused-ring (bicyclic) bond motifs is 1. The minimum absolute atomic E-state index is 0.000319. The van der Waals surface area contributed by atoms with Crippen LogP contribution in [0.5, 0.6) is 0 Å². The molecule has 1 saturated carbocycles. The predicted molar refractivity (Wildman–Crippen MR) is 196 cm³/mol. The number of hydrogen-bond acceptors (Lipinski definition) is 11. The summed E-state index contributed by atoms with van der Waals surface area (Å²) in [5, 5.41) is 16.8. The average Bonchev–Trinajstić information content (AvgIpc) is 3.72. The highest BCUT2D eigenvalue weighted by molar-refractivity contribution is 5.95. The van der Waals surface area contributed by atoms with E-state index >= 15 is 4.39 Å². The van der Waals surface area contributed by atoms with Crippen molar-refractivity contribution in [1.29, 1.82) is 0 Å². The molecule has 0 radical (unpaired) electrons. The number of rotatable bonds is 11. The molecule has 8 rings (SSSR count). The number of nitrogens with zero attached hydrogens (tertiary/aromatic N) is 9. The number of piperazine rings is 1. The van der Waals surface area contributed by atoms with Gasteiger partial charge >= 0.3 is 5.97 Å². The summed E-state index contributed by atoms with van der Waals surface area (Å²) in [6.45, 7) is 5.83. The molecule has 0 spiro atoms.